The Morgan fingerprint density at radius 2 is 2.30 bits per heavy atom. The smallest absolute Gasteiger partial charge is 0.158 e. The van der Waals surface area contributed by atoms with Crippen LogP contribution in [0.1, 0.15) is 25.6 Å². The van der Waals surface area contributed by atoms with Crippen LogP contribution in [0, 0.1) is 5.92 Å². The number of nitrogens with zero attached hydrogens (tertiary/aromatic N) is 3. The molecule has 0 N–H and O–H groups in total. The lowest BCUT2D eigenvalue weighted by molar-refractivity contribution is 0.128. The lowest BCUT2D eigenvalue weighted by Gasteiger charge is -2.33. The van der Waals surface area contributed by atoms with Crippen LogP contribution in [-0.2, 0) is 16.1 Å². The fraction of sp³-hybridized carbons (Fsp3) is 0.714. The highest BCUT2D eigenvalue weighted by atomic mass is 35.5. The van der Waals surface area contributed by atoms with Crippen LogP contribution in [0.25, 0.3) is 0 Å². The van der Waals surface area contributed by atoms with E-state index in [2.05, 4.69) is 14.9 Å². The Balaban J connectivity index is 2.08. The molecule has 0 radical (unpaired) electrons. The molecule has 5 nitrogen and oxygen atoms in total. The highest BCUT2D eigenvalue weighted by Gasteiger charge is 2.21. The second-order valence-electron chi connectivity index (χ2n) is 5.01. The Kier molecular flexibility index (Phi) is 6.01. The van der Waals surface area contributed by atoms with Gasteiger partial charge in [-0.05, 0) is 25.7 Å². The average Bonchev–Trinajstić information content (AvgIpc) is 2.45. The number of hydrogen-bond acceptors (Lipinski definition) is 5. The molecule has 20 heavy (non-hydrogen) atoms. The number of rotatable bonds is 6. The summed E-state index contributed by atoms with van der Waals surface area (Å²) in [5.74, 6) is 2.08. The van der Waals surface area contributed by atoms with Gasteiger partial charge in [0.1, 0.15) is 17.6 Å². The maximum Gasteiger partial charge on any atom is 0.158 e. The van der Waals surface area contributed by atoms with Crippen molar-refractivity contribution in [1.29, 1.82) is 0 Å². The molecule has 1 unspecified atom stereocenters. The zero-order valence-electron chi connectivity index (χ0n) is 12.1. The second kappa shape index (κ2) is 7.76. The molecular formula is C14H22ClN3O2. The molecule has 1 atom stereocenters. The van der Waals surface area contributed by atoms with E-state index in [4.69, 9.17) is 21.1 Å². The molecule has 1 saturated heterocycles. The van der Waals surface area contributed by atoms with E-state index < -0.39 is 0 Å². The van der Waals surface area contributed by atoms with Crippen LogP contribution in [0.3, 0.4) is 0 Å². The number of piperidine rings is 1. The van der Waals surface area contributed by atoms with Crippen LogP contribution in [0.15, 0.2) is 6.07 Å². The molecule has 0 amide bonds. The Labute approximate surface area is 125 Å². The Morgan fingerprint density at radius 3 is 3.05 bits per heavy atom. The van der Waals surface area contributed by atoms with Crippen molar-refractivity contribution in [3.05, 3.63) is 17.0 Å². The number of halogens is 1. The molecule has 1 aliphatic rings. The molecule has 0 aliphatic carbocycles. The minimum atomic E-state index is 0.402. The van der Waals surface area contributed by atoms with Gasteiger partial charge in [-0.1, -0.05) is 11.6 Å². The summed E-state index contributed by atoms with van der Waals surface area (Å²) in [6, 6.07) is 1.83. The van der Waals surface area contributed by atoms with Gasteiger partial charge in [-0.15, -0.1) is 0 Å². The molecule has 1 aliphatic heterocycles. The van der Waals surface area contributed by atoms with Crippen LogP contribution < -0.4 is 4.90 Å². The SMILES string of the molecule is CCOCc1nc(Cl)cc(N2CCCC(COC)C2)n1. The Morgan fingerprint density at radius 1 is 1.45 bits per heavy atom. The van der Waals surface area contributed by atoms with Crippen LogP contribution in [-0.4, -0.2) is 43.4 Å². The van der Waals surface area contributed by atoms with Crippen molar-refractivity contribution in [2.24, 2.45) is 5.92 Å². The van der Waals surface area contributed by atoms with Crippen molar-refractivity contribution in [3.8, 4) is 0 Å². The molecule has 0 bridgehead atoms. The molecule has 1 aromatic rings. The van der Waals surface area contributed by atoms with Gasteiger partial charge >= 0.3 is 0 Å². The van der Waals surface area contributed by atoms with Crippen molar-refractivity contribution in [2.45, 2.75) is 26.4 Å². The fourth-order valence-electron chi connectivity index (χ4n) is 2.52. The lowest BCUT2D eigenvalue weighted by Crippen LogP contribution is -2.37. The second-order valence-corrected chi connectivity index (χ2v) is 5.40. The first kappa shape index (κ1) is 15.5. The summed E-state index contributed by atoms with van der Waals surface area (Å²) in [5.41, 5.74) is 0. The maximum absolute atomic E-state index is 6.09. The summed E-state index contributed by atoms with van der Waals surface area (Å²) in [7, 11) is 1.75. The van der Waals surface area contributed by atoms with Gasteiger partial charge in [-0.25, -0.2) is 9.97 Å². The average molecular weight is 300 g/mol. The van der Waals surface area contributed by atoms with E-state index in [-0.39, 0.29) is 0 Å². The zero-order chi connectivity index (χ0) is 14.4. The summed E-state index contributed by atoms with van der Waals surface area (Å²) < 4.78 is 10.6. The Hall–Kier alpha value is -0.910. The van der Waals surface area contributed by atoms with E-state index in [9.17, 15) is 0 Å². The molecule has 2 rings (SSSR count). The number of methoxy groups -OCH3 is 1. The summed E-state index contributed by atoms with van der Waals surface area (Å²) in [5, 5.41) is 0.471. The number of aromatic nitrogens is 2. The van der Waals surface area contributed by atoms with Crippen molar-refractivity contribution >= 4 is 17.4 Å². The summed E-state index contributed by atoms with van der Waals surface area (Å²) in [6.45, 7) is 5.74. The van der Waals surface area contributed by atoms with Crippen molar-refractivity contribution in [3.63, 3.8) is 0 Å². The van der Waals surface area contributed by atoms with E-state index >= 15 is 0 Å². The van der Waals surface area contributed by atoms with Crippen LogP contribution >= 0.6 is 11.6 Å². The van der Waals surface area contributed by atoms with Crippen LogP contribution in [0.2, 0.25) is 5.15 Å². The van der Waals surface area contributed by atoms with E-state index in [1.807, 2.05) is 13.0 Å². The molecule has 0 aromatic carbocycles. The minimum absolute atomic E-state index is 0.402. The molecule has 1 fully saturated rings. The van der Waals surface area contributed by atoms with E-state index in [1.54, 1.807) is 7.11 Å². The normalized spacial score (nSPS) is 19.4. The van der Waals surface area contributed by atoms with Crippen molar-refractivity contribution in [1.82, 2.24) is 9.97 Å². The molecule has 1 aromatic heterocycles. The predicted molar refractivity (Wildman–Crippen MR) is 79.2 cm³/mol. The molecule has 0 saturated carbocycles. The fourth-order valence-corrected chi connectivity index (χ4v) is 2.71. The molecule has 6 heteroatoms. The van der Waals surface area contributed by atoms with Gasteiger partial charge in [0, 0.05) is 32.9 Å². The van der Waals surface area contributed by atoms with Crippen LogP contribution in [0.4, 0.5) is 5.82 Å². The van der Waals surface area contributed by atoms with Gasteiger partial charge in [0.15, 0.2) is 5.82 Å². The first-order chi connectivity index (χ1) is 9.72. The first-order valence-corrected chi connectivity index (χ1v) is 7.45. The monoisotopic (exact) mass is 299 g/mol. The van der Waals surface area contributed by atoms with Gasteiger partial charge in [0.2, 0.25) is 0 Å². The quantitative estimate of drug-likeness (QED) is 0.756. The van der Waals surface area contributed by atoms with Gasteiger partial charge in [0.05, 0.1) is 6.61 Å². The van der Waals surface area contributed by atoms with Crippen molar-refractivity contribution < 1.29 is 9.47 Å². The lowest BCUT2D eigenvalue weighted by atomic mass is 9.99. The molecule has 0 spiro atoms. The van der Waals surface area contributed by atoms with Crippen LogP contribution in [0.5, 0.6) is 0 Å². The van der Waals surface area contributed by atoms with E-state index in [1.165, 1.54) is 6.42 Å². The summed E-state index contributed by atoms with van der Waals surface area (Å²) >= 11 is 6.09. The molecular weight excluding hydrogens is 278 g/mol. The number of anilines is 1. The highest BCUT2D eigenvalue weighted by Crippen LogP contribution is 2.23. The van der Waals surface area contributed by atoms with Gasteiger partial charge < -0.3 is 14.4 Å². The number of hydrogen-bond donors (Lipinski definition) is 0. The highest BCUT2D eigenvalue weighted by molar-refractivity contribution is 6.29. The van der Waals surface area contributed by atoms with E-state index in [0.29, 0.717) is 30.1 Å². The van der Waals surface area contributed by atoms with Crippen molar-refractivity contribution in [2.75, 3.05) is 38.3 Å². The van der Waals surface area contributed by atoms with Gasteiger partial charge in [-0.2, -0.15) is 0 Å². The largest absolute Gasteiger partial charge is 0.384 e. The summed E-state index contributed by atoms with van der Waals surface area (Å²) in [4.78, 5) is 11.0. The predicted octanol–water partition coefficient (Wildman–Crippen LogP) is 2.53. The third-order valence-electron chi connectivity index (χ3n) is 3.41. The Bertz CT molecular complexity index is 429. The maximum atomic E-state index is 6.09. The zero-order valence-corrected chi connectivity index (χ0v) is 12.9. The molecule has 112 valence electrons. The standard InChI is InChI=1S/C14H22ClN3O2/c1-3-20-10-13-16-12(15)7-14(17-13)18-6-4-5-11(8-18)9-19-2/h7,11H,3-6,8-10H2,1-2H3. The summed E-state index contributed by atoms with van der Waals surface area (Å²) in [6.07, 6.45) is 2.35. The minimum Gasteiger partial charge on any atom is -0.384 e. The van der Waals surface area contributed by atoms with Gasteiger partial charge in [0.25, 0.3) is 0 Å². The number of ether oxygens (including phenoxy) is 2. The topological polar surface area (TPSA) is 47.5 Å². The third kappa shape index (κ3) is 4.30. The third-order valence-corrected chi connectivity index (χ3v) is 3.60. The molecule has 2 heterocycles. The van der Waals surface area contributed by atoms with E-state index in [0.717, 1.165) is 31.9 Å². The first-order valence-electron chi connectivity index (χ1n) is 7.08. The van der Waals surface area contributed by atoms with Gasteiger partial charge in [-0.3, -0.25) is 0 Å².